The SMILES string of the molecule is NC(=NC1CCCC1)c1ccc(-c2ccc(C(=O)NCCCc3ccc(N(CCCl)CCCl)cc3)o2)cc1. The largest absolute Gasteiger partial charge is 0.451 e. The molecule has 0 unspecified atom stereocenters. The fraction of sp³-hybridized carbons (Fsp3) is 0.400. The Morgan fingerprint density at radius 2 is 1.66 bits per heavy atom. The number of aliphatic imine (C=N–C) groups is 1. The molecule has 8 heteroatoms. The lowest BCUT2D eigenvalue weighted by Gasteiger charge is -2.23. The highest BCUT2D eigenvalue weighted by molar-refractivity contribution is 6.18. The van der Waals surface area contributed by atoms with Crippen molar-refractivity contribution in [3.8, 4) is 11.3 Å². The van der Waals surface area contributed by atoms with Gasteiger partial charge in [-0.2, -0.15) is 0 Å². The molecule has 3 aromatic rings. The smallest absolute Gasteiger partial charge is 0.287 e. The standard InChI is InChI=1S/C30H36Cl2N4O2/c31-17-20-36(21-18-32)26-13-7-22(8-14-26)4-3-19-34-30(37)28-16-15-27(38-28)23-9-11-24(12-10-23)29(33)35-25-5-1-2-6-25/h7-16,25H,1-6,17-21H2,(H2,33,35)(H,34,37). The number of carbonyl (C=O) groups is 1. The van der Waals surface area contributed by atoms with E-state index in [1.165, 1.54) is 18.4 Å². The van der Waals surface area contributed by atoms with Gasteiger partial charge in [0, 0.05) is 48.2 Å². The summed E-state index contributed by atoms with van der Waals surface area (Å²) in [5, 5.41) is 2.95. The summed E-state index contributed by atoms with van der Waals surface area (Å²) in [6.45, 7) is 2.10. The van der Waals surface area contributed by atoms with Gasteiger partial charge in [0.05, 0.1) is 6.04 Å². The van der Waals surface area contributed by atoms with E-state index in [4.69, 9.17) is 33.4 Å². The highest BCUT2D eigenvalue weighted by Crippen LogP contribution is 2.24. The number of benzene rings is 2. The third-order valence-corrected chi connectivity index (χ3v) is 7.22. The molecule has 38 heavy (non-hydrogen) atoms. The van der Waals surface area contributed by atoms with E-state index >= 15 is 0 Å². The number of rotatable bonds is 13. The number of aryl methyl sites for hydroxylation is 1. The molecule has 0 radical (unpaired) electrons. The first kappa shape index (κ1) is 28.1. The number of amidine groups is 1. The molecule has 0 atom stereocenters. The molecule has 0 bridgehead atoms. The van der Waals surface area contributed by atoms with Crippen molar-refractivity contribution in [2.45, 2.75) is 44.6 Å². The molecular formula is C30H36Cl2N4O2. The van der Waals surface area contributed by atoms with Crippen LogP contribution >= 0.6 is 23.2 Å². The molecule has 1 saturated carbocycles. The molecular weight excluding hydrogens is 519 g/mol. The maximum Gasteiger partial charge on any atom is 0.287 e. The predicted octanol–water partition coefficient (Wildman–Crippen LogP) is 6.24. The first-order valence-electron chi connectivity index (χ1n) is 13.4. The summed E-state index contributed by atoms with van der Waals surface area (Å²) in [7, 11) is 0. The predicted molar refractivity (Wildman–Crippen MR) is 158 cm³/mol. The van der Waals surface area contributed by atoms with Crippen LogP contribution in [-0.2, 0) is 6.42 Å². The van der Waals surface area contributed by atoms with Crippen LogP contribution in [0.2, 0.25) is 0 Å². The number of nitrogens with one attached hydrogen (secondary N) is 1. The highest BCUT2D eigenvalue weighted by atomic mass is 35.5. The topological polar surface area (TPSA) is 83.9 Å². The summed E-state index contributed by atoms with van der Waals surface area (Å²) < 4.78 is 5.83. The van der Waals surface area contributed by atoms with Gasteiger partial charge in [0.1, 0.15) is 11.6 Å². The van der Waals surface area contributed by atoms with Gasteiger partial charge < -0.3 is 20.4 Å². The van der Waals surface area contributed by atoms with Crippen molar-refractivity contribution < 1.29 is 9.21 Å². The Balaban J connectivity index is 1.24. The monoisotopic (exact) mass is 554 g/mol. The van der Waals surface area contributed by atoms with Gasteiger partial charge >= 0.3 is 0 Å². The summed E-state index contributed by atoms with van der Waals surface area (Å²) >= 11 is 11.8. The number of amides is 1. The molecule has 1 aliphatic rings. The van der Waals surface area contributed by atoms with E-state index in [1.54, 1.807) is 6.07 Å². The van der Waals surface area contributed by atoms with Crippen molar-refractivity contribution in [2.75, 3.05) is 36.3 Å². The normalized spacial score (nSPS) is 14.1. The number of halogens is 2. The van der Waals surface area contributed by atoms with E-state index < -0.39 is 0 Å². The van der Waals surface area contributed by atoms with E-state index in [2.05, 4.69) is 39.5 Å². The van der Waals surface area contributed by atoms with Crippen LogP contribution in [0.15, 0.2) is 70.1 Å². The maximum atomic E-state index is 12.6. The minimum atomic E-state index is -0.214. The number of anilines is 1. The van der Waals surface area contributed by atoms with Gasteiger partial charge in [-0.1, -0.05) is 49.2 Å². The average molecular weight is 556 g/mol. The van der Waals surface area contributed by atoms with Crippen LogP contribution in [0.5, 0.6) is 0 Å². The lowest BCUT2D eigenvalue weighted by Crippen LogP contribution is -2.27. The van der Waals surface area contributed by atoms with E-state index in [1.807, 2.05) is 30.3 Å². The van der Waals surface area contributed by atoms with Gasteiger partial charge in [-0.3, -0.25) is 9.79 Å². The first-order valence-corrected chi connectivity index (χ1v) is 14.4. The second kappa shape index (κ2) is 14.3. The van der Waals surface area contributed by atoms with E-state index in [-0.39, 0.29) is 5.91 Å². The number of hydrogen-bond acceptors (Lipinski definition) is 4. The molecule has 3 N–H and O–H groups in total. The zero-order valence-electron chi connectivity index (χ0n) is 21.7. The van der Waals surface area contributed by atoms with E-state index in [0.717, 1.165) is 55.6 Å². The molecule has 1 amide bonds. The average Bonchev–Trinajstić information content (AvgIpc) is 3.64. The Labute approximate surface area is 235 Å². The molecule has 1 aliphatic carbocycles. The zero-order chi connectivity index (χ0) is 26.7. The Morgan fingerprint density at radius 3 is 2.32 bits per heavy atom. The summed E-state index contributed by atoms with van der Waals surface area (Å²) in [6, 6.07) is 20.1. The molecule has 6 nitrogen and oxygen atoms in total. The van der Waals surface area contributed by atoms with Crippen molar-refractivity contribution in [2.24, 2.45) is 10.7 Å². The highest BCUT2D eigenvalue weighted by Gasteiger charge is 2.15. The second-order valence-electron chi connectivity index (χ2n) is 9.58. The lowest BCUT2D eigenvalue weighted by atomic mass is 10.1. The van der Waals surface area contributed by atoms with Gasteiger partial charge in [0.2, 0.25) is 0 Å². The molecule has 1 heterocycles. The van der Waals surface area contributed by atoms with Crippen molar-refractivity contribution in [1.82, 2.24) is 5.32 Å². The maximum absolute atomic E-state index is 12.6. The van der Waals surface area contributed by atoms with Crippen LogP contribution in [0, 0.1) is 0 Å². The molecule has 2 aromatic carbocycles. The summed E-state index contributed by atoms with van der Waals surface area (Å²) in [4.78, 5) is 19.4. The summed E-state index contributed by atoms with van der Waals surface area (Å²) in [6.07, 6.45) is 6.39. The minimum Gasteiger partial charge on any atom is -0.451 e. The second-order valence-corrected chi connectivity index (χ2v) is 10.3. The fourth-order valence-electron chi connectivity index (χ4n) is 4.75. The van der Waals surface area contributed by atoms with Crippen LogP contribution in [0.1, 0.15) is 53.8 Å². The number of nitrogens with zero attached hydrogens (tertiary/aromatic N) is 2. The third-order valence-electron chi connectivity index (χ3n) is 6.88. The van der Waals surface area contributed by atoms with Crippen molar-refractivity contribution >= 4 is 40.6 Å². The Kier molecular flexibility index (Phi) is 10.5. The van der Waals surface area contributed by atoms with Gasteiger partial charge in [0.25, 0.3) is 5.91 Å². The minimum absolute atomic E-state index is 0.214. The van der Waals surface area contributed by atoms with Gasteiger partial charge in [-0.25, -0.2) is 0 Å². The molecule has 1 aromatic heterocycles. The van der Waals surface area contributed by atoms with Crippen LogP contribution in [0.4, 0.5) is 5.69 Å². The Hall–Kier alpha value is -2.96. The van der Waals surface area contributed by atoms with Crippen LogP contribution < -0.4 is 16.0 Å². The lowest BCUT2D eigenvalue weighted by molar-refractivity contribution is 0.0926. The van der Waals surface area contributed by atoms with Crippen molar-refractivity contribution in [3.05, 3.63) is 77.6 Å². The molecule has 0 spiro atoms. The number of alkyl halides is 2. The molecule has 0 aliphatic heterocycles. The van der Waals surface area contributed by atoms with Gasteiger partial charge in [-0.15, -0.1) is 23.2 Å². The number of furan rings is 1. The Morgan fingerprint density at radius 1 is 0.974 bits per heavy atom. The van der Waals surface area contributed by atoms with Crippen molar-refractivity contribution in [3.63, 3.8) is 0 Å². The quantitative estimate of drug-likeness (QED) is 0.113. The van der Waals surface area contributed by atoms with Crippen LogP contribution in [0.25, 0.3) is 11.3 Å². The number of nitrogens with two attached hydrogens (primary N) is 1. The van der Waals surface area contributed by atoms with E-state index in [0.29, 0.717) is 41.7 Å². The summed E-state index contributed by atoms with van der Waals surface area (Å²) in [5.74, 6) is 2.44. The third kappa shape index (κ3) is 7.78. The van der Waals surface area contributed by atoms with Gasteiger partial charge in [0.15, 0.2) is 5.76 Å². The fourth-order valence-corrected chi connectivity index (χ4v) is 5.16. The Bertz CT molecular complexity index is 1180. The van der Waals surface area contributed by atoms with Gasteiger partial charge in [-0.05, 0) is 55.5 Å². The first-order chi connectivity index (χ1) is 18.6. The zero-order valence-corrected chi connectivity index (χ0v) is 23.2. The molecule has 202 valence electrons. The van der Waals surface area contributed by atoms with Crippen molar-refractivity contribution in [1.29, 1.82) is 0 Å². The van der Waals surface area contributed by atoms with E-state index in [9.17, 15) is 4.79 Å². The molecule has 4 rings (SSSR count). The summed E-state index contributed by atoms with van der Waals surface area (Å²) in [5.41, 5.74) is 10.3. The molecule has 1 fully saturated rings. The van der Waals surface area contributed by atoms with Crippen LogP contribution in [0.3, 0.4) is 0 Å². The van der Waals surface area contributed by atoms with Crippen LogP contribution in [-0.4, -0.2) is 49.2 Å². The number of hydrogen-bond donors (Lipinski definition) is 2. The molecule has 0 saturated heterocycles. The number of carbonyl (C=O) groups excluding carboxylic acids is 1.